The zero-order chi connectivity index (χ0) is 24.6. The van der Waals surface area contributed by atoms with Gasteiger partial charge >= 0.3 is 0 Å². The molecule has 1 unspecified atom stereocenters. The third kappa shape index (κ3) is 2.63. The molecule has 3 N–H and O–H groups in total. The number of ketones is 1. The average molecular weight is 480 g/mol. The van der Waals surface area contributed by atoms with E-state index >= 15 is 0 Å². The van der Waals surface area contributed by atoms with Crippen LogP contribution in [0.3, 0.4) is 0 Å². The Balaban J connectivity index is 1.43. The quantitative estimate of drug-likeness (QED) is 0.294. The van der Waals surface area contributed by atoms with Gasteiger partial charge in [0.1, 0.15) is 11.5 Å². The minimum atomic E-state index is -2.16. The van der Waals surface area contributed by atoms with Crippen molar-refractivity contribution in [1.29, 1.82) is 0 Å². The Morgan fingerprint density at radius 2 is 1.72 bits per heavy atom. The van der Waals surface area contributed by atoms with Crippen LogP contribution in [0.5, 0.6) is 11.5 Å². The van der Waals surface area contributed by atoms with E-state index in [1.807, 2.05) is 24.3 Å². The average Bonchev–Trinajstić information content (AvgIpc) is 3.56. The van der Waals surface area contributed by atoms with Crippen molar-refractivity contribution in [3.8, 4) is 11.5 Å². The molecule has 2 aromatic heterocycles. The van der Waals surface area contributed by atoms with Crippen LogP contribution in [-0.4, -0.2) is 28.5 Å². The van der Waals surface area contributed by atoms with Crippen LogP contribution in [0.2, 0.25) is 0 Å². The van der Waals surface area contributed by atoms with Crippen LogP contribution < -0.4 is 20.1 Å². The number of hydrogen-bond donors (Lipinski definition) is 2. The minimum absolute atomic E-state index is 0.0158. The number of nitrogens with one attached hydrogen (secondary N) is 1. The molecule has 0 saturated heterocycles. The van der Waals surface area contributed by atoms with E-state index in [0.717, 1.165) is 26.7 Å². The van der Waals surface area contributed by atoms with Crippen LogP contribution in [-0.2, 0) is 10.3 Å². The number of anilines is 2. The molecule has 0 saturated carbocycles. The van der Waals surface area contributed by atoms with Crippen molar-refractivity contribution < 1.29 is 23.5 Å². The Morgan fingerprint density at radius 3 is 2.56 bits per heavy atom. The maximum atomic E-state index is 14.9. The van der Waals surface area contributed by atoms with Gasteiger partial charge in [0.05, 0.1) is 23.1 Å². The normalized spacial score (nSPS) is 18.3. The van der Waals surface area contributed by atoms with Crippen LogP contribution in [0.4, 0.5) is 15.8 Å². The summed E-state index contributed by atoms with van der Waals surface area (Å²) in [6.45, 7) is -0.0177. The number of ether oxygens (including phenoxy) is 2. The smallest absolute Gasteiger partial charge is 0.264 e. The molecule has 36 heavy (non-hydrogen) atoms. The number of para-hydroxylation sites is 2. The van der Waals surface area contributed by atoms with E-state index in [9.17, 15) is 14.0 Å². The molecule has 2 aliphatic heterocycles. The summed E-state index contributed by atoms with van der Waals surface area (Å²) in [5, 5.41) is 1.68. The predicted molar refractivity (Wildman–Crippen MR) is 130 cm³/mol. The molecule has 2 aliphatic rings. The summed E-state index contributed by atoms with van der Waals surface area (Å²) in [4.78, 5) is 36.6. The number of carbonyl (C=O) groups is 2. The van der Waals surface area contributed by atoms with Gasteiger partial charge in [0.2, 0.25) is 12.6 Å². The molecule has 0 fully saturated rings. The van der Waals surface area contributed by atoms with Gasteiger partial charge < -0.3 is 20.2 Å². The molecule has 0 spiro atoms. The van der Waals surface area contributed by atoms with Gasteiger partial charge in [-0.3, -0.25) is 19.5 Å². The van der Waals surface area contributed by atoms with Crippen molar-refractivity contribution in [2.75, 3.05) is 11.7 Å². The van der Waals surface area contributed by atoms with Crippen LogP contribution in [0, 0.1) is 5.82 Å². The van der Waals surface area contributed by atoms with Crippen LogP contribution in [0.1, 0.15) is 16.1 Å². The molecule has 0 bridgehead atoms. The van der Waals surface area contributed by atoms with Crippen LogP contribution in [0.25, 0.3) is 21.8 Å². The molecule has 5 aromatic rings. The summed E-state index contributed by atoms with van der Waals surface area (Å²) in [7, 11) is 0. The first-order chi connectivity index (χ1) is 17.5. The number of aromatic nitrogens is 2. The highest BCUT2D eigenvalue weighted by Gasteiger charge is 2.56. The Labute approximate surface area is 203 Å². The van der Waals surface area contributed by atoms with Gasteiger partial charge in [0, 0.05) is 27.9 Å². The van der Waals surface area contributed by atoms with E-state index in [0.29, 0.717) is 11.5 Å². The van der Waals surface area contributed by atoms with Gasteiger partial charge in [-0.15, -0.1) is 0 Å². The standard InChI is InChI=1S/C27H17FN4O4/c28-17-6-2-4-8-21(17)32-22-11-24-23(35-13-36-24)10-16(22)27(29,26(32)34)25(33)19-9-15-14-5-1-3-7-18(14)31-20(15)12-30-19/h1-12,31H,13,29H2. The molecule has 1 atom stereocenters. The number of amides is 1. The van der Waals surface area contributed by atoms with Gasteiger partial charge in [-0.25, -0.2) is 4.39 Å². The molecule has 4 heterocycles. The number of nitrogens with zero attached hydrogens (tertiary/aromatic N) is 2. The predicted octanol–water partition coefficient (Wildman–Crippen LogP) is 4.30. The molecular formula is C27H17FN4O4. The topological polar surface area (TPSA) is 111 Å². The molecule has 0 aliphatic carbocycles. The van der Waals surface area contributed by atoms with Crippen LogP contribution in [0.15, 0.2) is 72.9 Å². The highest BCUT2D eigenvalue weighted by atomic mass is 19.1. The summed E-state index contributed by atoms with van der Waals surface area (Å²) in [5.74, 6) is -1.42. The number of Topliss-reactive ketones (excluding diaryl/α,β-unsaturated/α-hetero) is 1. The second-order valence-electron chi connectivity index (χ2n) is 8.74. The first kappa shape index (κ1) is 20.6. The number of aromatic amines is 1. The number of nitrogens with two attached hydrogens (primary N) is 1. The van der Waals surface area contributed by atoms with E-state index in [1.54, 1.807) is 24.4 Å². The third-order valence-corrected chi connectivity index (χ3v) is 6.77. The fraction of sp³-hybridized carbons (Fsp3) is 0.0741. The Bertz CT molecular complexity index is 1760. The van der Waals surface area contributed by atoms with Gasteiger partial charge in [-0.05, 0) is 30.3 Å². The fourth-order valence-corrected chi connectivity index (χ4v) is 5.00. The molecule has 176 valence electrons. The number of pyridine rings is 1. The highest BCUT2D eigenvalue weighted by Crippen LogP contribution is 2.50. The van der Waals surface area contributed by atoms with Crippen molar-refractivity contribution in [2.45, 2.75) is 5.54 Å². The number of benzene rings is 3. The van der Waals surface area contributed by atoms with Gasteiger partial charge in [-0.1, -0.05) is 30.3 Å². The van der Waals surface area contributed by atoms with Crippen molar-refractivity contribution in [2.24, 2.45) is 5.73 Å². The van der Waals surface area contributed by atoms with E-state index in [1.165, 1.54) is 24.3 Å². The molecule has 0 radical (unpaired) electrons. The van der Waals surface area contributed by atoms with Gasteiger partial charge in [0.15, 0.2) is 17.0 Å². The van der Waals surface area contributed by atoms with Crippen molar-refractivity contribution in [3.05, 3.63) is 90.0 Å². The molecule has 8 nitrogen and oxygen atoms in total. The zero-order valence-electron chi connectivity index (χ0n) is 18.6. The minimum Gasteiger partial charge on any atom is -0.454 e. The lowest BCUT2D eigenvalue weighted by molar-refractivity contribution is -0.120. The van der Waals surface area contributed by atoms with Crippen molar-refractivity contribution >= 4 is 44.9 Å². The summed E-state index contributed by atoms with van der Waals surface area (Å²) >= 11 is 0. The molecule has 9 heteroatoms. The lowest BCUT2D eigenvalue weighted by Gasteiger charge is -2.23. The summed E-state index contributed by atoms with van der Waals surface area (Å²) in [6, 6.07) is 18.1. The van der Waals surface area contributed by atoms with Gasteiger partial charge in [-0.2, -0.15) is 0 Å². The number of H-pyrrole nitrogens is 1. The van der Waals surface area contributed by atoms with Gasteiger partial charge in [0.25, 0.3) is 5.91 Å². The number of fused-ring (bicyclic) bond motifs is 5. The maximum Gasteiger partial charge on any atom is 0.264 e. The second-order valence-corrected chi connectivity index (χ2v) is 8.74. The molecule has 1 amide bonds. The SMILES string of the molecule is NC1(C(=O)c2cc3c(cn2)[nH]c2ccccc23)C(=O)N(c2ccccc2F)c2cc3c(cc21)OCO3. The largest absolute Gasteiger partial charge is 0.454 e. The first-order valence-corrected chi connectivity index (χ1v) is 11.2. The molecule has 7 rings (SSSR count). The van der Waals surface area contributed by atoms with E-state index < -0.39 is 23.0 Å². The van der Waals surface area contributed by atoms with E-state index in [2.05, 4.69) is 9.97 Å². The van der Waals surface area contributed by atoms with E-state index in [4.69, 9.17) is 15.2 Å². The molecule has 3 aromatic carbocycles. The first-order valence-electron chi connectivity index (χ1n) is 11.2. The highest BCUT2D eigenvalue weighted by molar-refractivity contribution is 6.28. The van der Waals surface area contributed by atoms with Crippen molar-refractivity contribution in [1.82, 2.24) is 9.97 Å². The maximum absolute atomic E-state index is 14.9. The number of rotatable bonds is 3. The number of halogens is 1. The summed E-state index contributed by atoms with van der Waals surface area (Å²) < 4.78 is 25.8. The van der Waals surface area contributed by atoms with Crippen molar-refractivity contribution in [3.63, 3.8) is 0 Å². The Morgan fingerprint density at radius 1 is 0.972 bits per heavy atom. The number of carbonyl (C=O) groups excluding carboxylic acids is 2. The second kappa shape index (κ2) is 7.12. The monoisotopic (exact) mass is 480 g/mol. The fourth-order valence-electron chi connectivity index (χ4n) is 5.00. The Hall–Kier alpha value is -4.76. The molecular weight excluding hydrogens is 463 g/mol. The number of hydrogen-bond acceptors (Lipinski definition) is 6. The van der Waals surface area contributed by atoms with Crippen LogP contribution >= 0.6 is 0 Å². The lowest BCUT2D eigenvalue weighted by Crippen LogP contribution is -2.52. The third-order valence-electron chi connectivity index (χ3n) is 6.77. The summed E-state index contributed by atoms with van der Waals surface area (Å²) in [6.07, 6.45) is 1.54. The lowest BCUT2D eigenvalue weighted by atomic mass is 9.85. The zero-order valence-corrected chi connectivity index (χ0v) is 18.6. The van der Waals surface area contributed by atoms with E-state index in [-0.39, 0.29) is 29.4 Å². The summed E-state index contributed by atoms with van der Waals surface area (Å²) in [5.41, 5.74) is 6.58. The Kier molecular flexibility index (Phi) is 4.08.